The minimum absolute atomic E-state index is 0.363. The molecule has 1 aromatic rings. The molecule has 1 atom stereocenters. The van der Waals surface area contributed by atoms with E-state index in [0.29, 0.717) is 19.6 Å². The number of hydrogen-bond donors (Lipinski definition) is 1. The Labute approximate surface area is 115 Å². The summed E-state index contributed by atoms with van der Waals surface area (Å²) in [6.07, 6.45) is -0.425. The number of aliphatic carboxylic acids is 1. The van der Waals surface area contributed by atoms with Gasteiger partial charge in [0.25, 0.3) is 0 Å². The third-order valence-electron chi connectivity index (χ3n) is 2.33. The highest BCUT2D eigenvalue weighted by atomic mass is 79.9. The molecule has 0 unspecified atom stereocenters. The second-order valence-corrected chi connectivity index (χ2v) is 4.46. The molecule has 0 heterocycles. The average Bonchev–Trinajstić information content (AvgIpc) is 2.37. The Morgan fingerprint density at radius 3 is 2.56 bits per heavy atom. The van der Waals surface area contributed by atoms with Gasteiger partial charge in [-0.05, 0) is 24.6 Å². The van der Waals surface area contributed by atoms with Crippen LogP contribution in [0.15, 0.2) is 24.3 Å². The van der Waals surface area contributed by atoms with Gasteiger partial charge in [-0.3, -0.25) is 0 Å². The van der Waals surface area contributed by atoms with E-state index >= 15 is 0 Å². The first kappa shape index (κ1) is 15.0. The minimum Gasteiger partial charge on any atom is -0.493 e. The SMILES string of the molecule is CCO[C@@H](Cc1ccc(OCCBr)cc1)C(=O)O. The molecule has 0 aromatic heterocycles. The van der Waals surface area contributed by atoms with Crippen LogP contribution < -0.4 is 4.74 Å². The lowest BCUT2D eigenvalue weighted by atomic mass is 10.1. The maximum absolute atomic E-state index is 10.9. The van der Waals surface area contributed by atoms with Gasteiger partial charge in [-0.1, -0.05) is 28.1 Å². The van der Waals surface area contributed by atoms with Crippen LogP contribution in [0.4, 0.5) is 0 Å². The molecule has 0 spiro atoms. The van der Waals surface area contributed by atoms with Crippen LogP contribution in [0.3, 0.4) is 0 Å². The summed E-state index contributed by atoms with van der Waals surface area (Å²) in [5.41, 5.74) is 0.919. The smallest absolute Gasteiger partial charge is 0.333 e. The van der Waals surface area contributed by atoms with E-state index in [1.54, 1.807) is 6.92 Å². The largest absolute Gasteiger partial charge is 0.493 e. The van der Waals surface area contributed by atoms with Crippen LogP contribution in [0.25, 0.3) is 0 Å². The van der Waals surface area contributed by atoms with E-state index in [9.17, 15) is 4.79 Å². The standard InChI is InChI=1S/C13H17BrO4/c1-2-17-12(13(15)16)9-10-3-5-11(6-4-10)18-8-7-14/h3-6,12H,2,7-9H2,1H3,(H,15,16)/t12-/m0/s1. The lowest BCUT2D eigenvalue weighted by molar-refractivity contribution is -0.149. The van der Waals surface area contributed by atoms with E-state index < -0.39 is 12.1 Å². The summed E-state index contributed by atoms with van der Waals surface area (Å²) in [4.78, 5) is 10.9. The van der Waals surface area contributed by atoms with E-state index in [0.717, 1.165) is 16.6 Å². The van der Waals surface area contributed by atoms with Crippen LogP contribution in [0.2, 0.25) is 0 Å². The van der Waals surface area contributed by atoms with Gasteiger partial charge in [0.15, 0.2) is 6.10 Å². The number of carboxylic acids is 1. The number of halogens is 1. The van der Waals surface area contributed by atoms with Gasteiger partial charge in [0.1, 0.15) is 5.75 Å². The van der Waals surface area contributed by atoms with Crippen LogP contribution in [0.1, 0.15) is 12.5 Å². The van der Waals surface area contributed by atoms with Crippen molar-refractivity contribution < 1.29 is 19.4 Å². The van der Waals surface area contributed by atoms with Gasteiger partial charge < -0.3 is 14.6 Å². The lowest BCUT2D eigenvalue weighted by Crippen LogP contribution is -2.26. The molecular formula is C13H17BrO4. The van der Waals surface area contributed by atoms with Crippen molar-refractivity contribution in [3.05, 3.63) is 29.8 Å². The summed E-state index contributed by atoms with van der Waals surface area (Å²) in [5.74, 6) is -0.155. The summed E-state index contributed by atoms with van der Waals surface area (Å²) in [7, 11) is 0. The van der Waals surface area contributed by atoms with Crippen LogP contribution in [-0.2, 0) is 16.0 Å². The van der Waals surface area contributed by atoms with E-state index in [1.807, 2.05) is 24.3 Å². The number of carbonyl (C=O) groups is 1. The van der Waals surface area contributed by atoms with Crippen molar-refractivity contribution in [2.24, 2.45) is 0 Å². The summed E-state index contributed by atoms with van der Waals surface area (Å²) in [6.45, 7) is 2.78. The first-order chi connectivity index (χ1) is 8.67. The van der Waals surface area contributed by atoms with Gasteiger partial charge in [0.2, 0.25) is 0 Å². The molecule has 0 aliphatic carbocycles. The Bertz CT molecular complexity index is 364. The molecule has 0 aliphatic heterocycles. The molecule has 0 saturated carbocycles. The molecule has 18 heavy (non-hydrogen) atoms. The number of hydrogen-bond acceptors (Lipinski definition) is 3. The highest BCUT2D eigenvalue weighted by Gasteiger charge is 2.17. The number of rotatable bonds is 8. The van der Waals surface area contributed by atoms with Gasteiger partial charge in [-0.2, -0.15) is 0 Å². The second kappa shape index (κ2) is 8.11. The van der Waals surface area contributed by atoms with E-state index in [1.165, 1.54) is 0 Å². The second-order valence-electron chi connectivity index (χ2n) is 3.67. The molecule has 4 nitrogen and oxygen atoms in total. The maximum atomic E-state index is 10.9. The zero-order chi connectivity index (χ0) is 13.4. The summed E-state index contributed by atoms with van der Waals surface area (Å²) in [6, 6.07) is 7.39. The molecule has 5 heteroatoms. The predicted molar refractivity (Wildman–Crippen MR) is 72.5 cm³/mol. The first-order valence-electron chi connectivity index (χ1n) is 5.79. The van der Waals surface area contributed by atoms with Crippen molar-refractivity contribution in [2.75, 3.05) is 18.5 Å². The molecule has 0 amide bonds. The molecule has 1 N–H and O–H groups in total. The monoisotopic (exact) mass is 316 g/mol. The molecule has 1 rings (SSSR count). The fraction of sp³-hybridized carbons (Fsp3) is 0.462. The minimum atomic E-state index is -0.934. The molecule has 0 bridgehead atoms. The molecule has 100 valence electrons. The van der Waals surface area contributed by atoms with Crippen LogP contribution in [0, 0.1) is 0 Å². The van der Waals surface area contributed by atoms with Crippen molar-refractivity contribution in [1.82, 2.24) is 0 Å². The number of carboxylic acid groups (broad SMARTS) is 1. The topological polar surface area (TPSA) is 55.8 Å². The van der Waals surface area contributed by atoms with Crippen molar-refractivity contribution in [1.29, 1.82) is 0 Å². The Morgan fingerprint density at radius 1 is 1.39 bits per heavy atom. The van der Waals surface area contributed by atoms with Gasteiger partial charge >= 0.3 is 5.97 Å². The van der Waals surface area contributed by atoms with Crippen LogP contribution >= 0.6 is 15.9 Å². The molecule has 0 radical (unpaired) electrons. The van der Waals surface area contributed by atoms with Gasteiger partial charge in [0.05, 0.1) is 6.61 Å². The van der Waals surface area contributed by atoms with Gasteiger partial charge in [-0.25, -0.2) is 4.79 Å². The van der Waals surface area contributed by atoms with Crippen molar-refractivity contribution in [3.8, 4) is 5.75 Å². The van der Waals surface area contributed by atoms with Gasteiger partial charge in [0, 0.05) is 18.4 Å². The quantitative estimate of drug-likeness (QED) is 0.749. The van der Waals surface area contributed by atoms with E-state index in [4.69, 9.17) is 14.6 Å². The molecule has 0 saturated heterocycles. The molecule has 0 fully saturated rings. The van der Waals surface area contributed by atoms with Gasteiger partial charge in [-0.15, -0.1) is 0 Å². The summed E-state index contributed by atoms with van der Waals surface area (Å²) in [5, 5.41) is 9.76. The van der Waals surface area contributed by atoms with E-state index in [2.05, 4.69) is 15.9 Å². The lowest BCUT2D eigenvalue weighted by Gasteiger charge is -2.12. The van der Waals surface area contributed by atoms with Crippen LogP contribution in [0.5, 0.6) is 5.75 Å². The summed E-state index contributed by atoms with van der Waals surface area (Å²) >= 11 is 3.28. The van der Waals surface area contributed by atoms with Crippen molar-refractivity contribution in [2.45, 2.75) is 19.4 Å². The number of benzene rings is 1. The Balaban J connectivity index is 2.58. The van der Waals surface area contributed by atoms with Crippen molar-refractivity contribution >= 4 is 21.9 Å². The zero-order valence-electron chi connectivity index (χ0n) is 10.3. The molecular weight excluding hydrogens is 300 g/mol. The number of ether oxygens (including phenoxy) is 2. The number of alkyl halides is 1. The van der Waals surface area contributed by atoms with E-state index in [-0.39, 0.29) is 0 Å². The third kappa shape index (κ3) is 5.06. The molecule has 0 aliphatic rings. The zero-order valence-corrected chi connectivity index (χ0v) is 11.9. The fourth-order valence-electron chi connectivity index (χ4n) is 1.51. The van der Waals surface area contributed by atoms with Crippen molar-refractivity contribution in [3.63, 3.8) is 0 Å². The first-order valence-corrected chi connectivity index (χ1v) is 6.91. The Morgan fingerprint density at radius 2 is 2.06 bits per heavy atom. The average molecular weight is 317 g/mol. The Hall–Kier alpha value is -1.07. The summed E-state index contributed by atoms with van der Waals surface area (Å²) < 4.78 is 10.6. The normalized spacial score (nSPS) is 12.1. The maximum Gasteiger partial charge on any atom is 0.333 e. The fourth-order valence-corrected chi connectivity index (χ4v) is 1.67. The van der Waals surface area contributed by atoms with Crippen LogP contribution in [-0.4, -0.2) is 35.7 Å². The predicted octanol–water partition coefficient (Wildman–Crippen LogP) is 2.49. The highest BCUT2D eigenvalue weighted by Crippen LogP contribution is 2.14. The third-order valence-corrected chi connectivity index (χ3v) is 2.66. The molecule has 1 aromatic carbocycles. The Kier molecular flexibility index (Phi) is 6.75. The highest BCUT2D eigenvalue weighted by molar-refractivity contribution is 9.09.